The molecule has 1 amide bonds. The summed E-state index contributed by atoms with van der Waals surface area (Å²) in [6.07, 6.45) is 0. The highest BCUT2D eigenvalue weighted by Crippen LogP contribution is 2.22. The van der Waals surface area contributed by atoms with Gasteiger partial charge in [0, 0.05) is 12.2 Å². The van der Waals surface area contributed by atoms with Crippen molar-refractivity contribution in [2.45, 2.75) is 0 Å². The zero-order chi connectivity index (χ0) is 17.0. The number of hydrogen-bond acceptors (Lipinski definition) is 7. The van der Waals surface area contributed by atoms with Crippen molar-refractivity contribution in [2.75, 3.05) is 32.1 Å². The van der Waals surface area contributed by atoms with Crippen LogP contribution in [0.15, 0.2) is 35.5 Å². The van der Waals surface area contributed by atoms with Gasteiger partial charge in [-0.05, 0) is 17.6 Å². The van der Waals surface area contributed by atoms with E-state index < -0.39 is 19.0 Å². The van der Waals surface area contributed by atoms with Crippen LogP contribution in [-0.4, -0.2) is 65.9 Å². The van der Waals surface area contributed by atoms with E-state index >= 15 is 0 Å². The van der Waals surface area contributed by atoms with Crippen molar-refractivity contribution in [1.29, 1.82) is 0 Å². The van der Waals surface area contributed by atoms with Gasteiger partial charge in [-0.1, -0.05) is 12.1 Å². The SMILES string of the molecule is COC(=O)C1=C(Nc2cccc(B(O)O)c2)C(=O)N(CCO)C1. The third-order valence-corrected chi connectivity index (χ3v) is 3.41. The molecule has 0 spiro atoms. The minimum absolute atomic E-state index is 0.0384. The first-order valence-corrected chi connectivity index (χ1v) is 6.92. The number of aliphatic hydroxyl groups excluding tert-OH is 1. The molecule has 122 valence electrons. The number of amides is 1. The number of nitrogens with one attached hydrogen (secondary N) is 1. The standard InChI is InChI=1S/C14H17BN2O6/c1-23-14(20)11-8-17(5-6-18)13(19)12(11)16-10-4-2-3-9(7-10)15(21)22/h2-4,7,16,18,21-22H,5-6,8H2,1H3. The molecule has 9 heteroatoms. The molecule has 0 bridgehead atoms. The van der Waals surface area contributed by atoms with Gasteiger partial charge in [0.15, 0.2) is 0 Å². The summed E-state index contributed by atoms with van der Waals surface area (Å²) < 4.78 is 4.68. The zero-order valence-corrected chi connectivity index (χ0v) is 12.5. The van der Waals surface area contributed by atoms with Crippen molar-refractivity contribution in [3.8, 4) is 0 Å². The fraction of sp³-hybridized carbons (Fsp3) is 0.286. The van der Waals surface area contributed by atoms with E-state index in [0.29, 0.717) is 5.69 Å². The van der Waals surface area contributed by atoms with Crippen LogP contribution in [0.3, 0.4) is 0 Å². The molecule has 1 aliphatic rings. The van der Waals surface area contributed by atoms with Crippen molar-refractivity contribution in [1.82, 2.24) is 4.90 Å². The fourth-order valence-corrected chi connectivity index (χ4v) is 2.27. The summed E-state index contributed by atoms with van der Waals surface area (Å²) >= 11 is 0. The summed E-state index contributed by atoms with van der Waals surface area (Å²) in [6, 6.07) is 6.17. The van der Waals surface area contributed by atoms with E-state index in [2.05, 4.69) is 10.1 Å². The number of methoxy groups -OCH3 is 1. The van der Waals surface area contributed by atoms with Gasteiger partial charge in [0.1, 0.15) is 5.70 Å². The average molecular weight is 320 g/mol. The van der Waals surface area contributed by atoms with Crippen molar-refractivity contribution < 1.29 is 29.5 Å². The van der Waals surface area contributed by atoms with Crippen LogP contribution in [0.1, 0.15) is 0 Å². The number of aliphatic hydroxyl groups is 1. The van der Waals surface area contributed by atoms with Gasteiger partial charge in [-0.15, -0.1) is 0 Å². The third kappa shape index (κ3) is 3.70. The Bertz CT molecular complexity index is 646. The summed E-state index contributed by atoms with van der Waals surface area (Å²) in [4.78, 5) is 25.5. The topological polar surface area (TPSA) is 119 Å². The maximum absolute atomic E-state index is 12.3. The minimum atomic E-state index is -1.64. The van der Waals surface area contributed by atoms with Crippen molar-refractivity contribution in [2.24, 2.45) is 0 Å². The molecule has 2 rings (SSSR count). The van der Waals surface area contributed by atoms with Crippen molar-refractivity contribution >= 4 is 30.1 Å². The maximum Gasteiger partial charge on any atom is 0.488 e. The lowest BCUT2D eigenvalue weighted by Crippen LogP contribution is -2.32. The lowest BCUT2D eigenvalue weighted by Gasteiger charge is -2.15. The third-order valence-electron chi connectivity index (χ3n) is 3.41. The predicted octanol–water partition coefficient (Wildman–Crippen LogP) is -1.96. The summed E-state index contributed by atoms with van der Waals surface area (Å²) in [5.74, 6) is -1.07. The van der Waals surface area contributed by atoms with Crippen molar-refractivity contribution in [3.63, 3.8) is 0 Å². The van der Waals surface area contributed by atoms with Crippen LogP contribution < -0.4 is 10.8 Å². The number of hydrogen-bond donors (Lipinski definition) is 4. The second kappa shape index (κ2) is 7.27. The van der Waals surface area contributed by atoms with Crippen LogP contribution >= 0.6 is 0 Å². The van der Waals surface area contributed by atoms with Crippen LogP contribution in [0, 0.1) is 0 Å². The molecule has 1 aromatic carbocycles. The predicted molar refractivity (Wildman–Crippen MR) is 82.6 cm³/mol. The second-order valence-corrected chi connectivity index (χ2v) is 4.92. The molecule has 0 radical (unpaired) electrons. The number of carbonyl (C=O) groups excluding carboxylic acids is 2. The van der Waals surface area contributed by atoms with E-state index in [4.69, 9.17) is 5.11 Å². The van der Waals surface area contributed by atoms with E-state index in [0.717, 1.165) is 0 Å². The van der Waals surface area contributed by atoms with Crippen LogP contribution in [-0.2, 0) is 14.3 Å². The molecule has 0 fully saturated rings. The molecule has 1 heterocycles. The molecule has 1 aromatic rings. The number of esters is 1. The van der Waals surface area contributed by atoms with Gasteiger partial charge in [-0.3, -0.25) is 4.79 Å². The summed E-state index contributed by atoms with van der Waals surface area (Å²) in [6.45, 7) is -0.0870. The molecule has 0 aliphatic carbocycles. The maximum atomic E-state index is 12.3. The smallest absolute Gasteiger partial charge is 0.466 e. The highest BCUT2D eigenvalue weighted by Gasteiger charge is 2.34. The molecule has 4 N–H and O–H groups in total. The van der Waals surface area contributed by atoms with Gasteiger partial charge in [0.2, 0.25) is 0 Å². The van der Waals surface area contributed by atoms with Gasteiger partial charge < -0.3 is 30.1 Å². The Kier molecular flexibility index (Phi) is 5.38. The molecular formula is C14H17BN2O6. The Morgan fingerprint density at radius 2 is 2.17 bits per heavy atom. The monoisotopic (exact) mass is 320 g/mol. The quantitative estimate of drug-likeness (QED) is 0.355. The van der Waals surface area contributed by atoms with Gasteiger partial charge in [-0.25, -0.2) is 4.79 Å². The van der Waals surface area contributed by atoms with E-state index in [1.165, 1.54) is 24.1 Å². The number of ether oxygens (including phenoxy) is 1. The zero-order valence-electron chi connectivity index (χ0n) is 12.5. The van der Waals surface area contributed by atoms with Crippen LogP contribution in [0.5, 0.6) is 0 Å². The van der Waals surface area contributed by atoms with E-state index in [1.807, 2.05) is 0 Å². The Morgan fingerprint density at radius 1 is 1.43 bits per heavy atom. The average Bonchev–Trinajstić information content (AvgIpc) is 2.84. The Morgan fingerprint density at radius 3 is 2.78 bits per heavy atom. The minimum Gasteiger partial charge on any atom is -0.466 e. The van der Waals surface area contributed by atoms with Crippen LogP contribution in [0.25, 0.3) is 0 Å². The molecular weight excluding hydrogens is 303 g/mol. The highest BCUT2D eigenvalue weighted by molar-refractivity contribution is 6.58. The lowest BCUT2D eigenvalue weighted by atomic mass is 9.80. The van der Waals surface area contributed by atoms with E-state index in [9.17, 15) is 19.6 Å². The molecule has 1 aliphatic heterocycles. The highest BCUT2D eigenvalue weighted by atomic mass is 16.5. The number of rotatable bonds is 6. The van der Waals surface area contributed by atoms with Gasteiger partial charge in [0.25, 0.3) is 5.91 Å². The van der Waals surface area contributed by atoms with E-state index in [-0.39, 0.29) is 36.4 Å². The first-order valence-electron chi connectivity index (χ1n) is 6.92. The van der Waals surface area contributed by atoms with Gasteiger partial charge in [0.05, 0.1) is 25.8 Å². The number of benzene rings is 1. The second-order valence-electron chi connectivity index (χ2n) is 4.92. The molecule has 0 saturated carbocycles. The van der Waals surface area contributed by atoms with E-state index in [1.54, 1.807) is 12.1 Å². The largest absolute Gasteiger partial charge is 0.488 e. The Hall–Kier alpha value is -2.36. The first kappa shape index (κ1) is 17.0. The summed E-state index contributed by atoms with van der Waals surface area (Å²) in [5.41, 5.74) is 0.870. The Labute approximate surface area is 133 Å². The van der Waals surface area contributed by atoms with Gasteiger partial charge in [-0.2, -0.15) is 0 Å². The van der Waals surface area contributed by atoms with Crippen LogP contribution in [0.4, 0.5) is 5.69 Å². The van der Waals surface area contributed by atoms with Crippen LogP contribution in [0.2, 0.25) is 0 Å². The molecule has 8 nitrogen and oxygen atoms in total. The number of β-amino-alcohol motifs (C(OH)–C–C–N with tert-alkyl or cyclic N) is 1. The number of carbonyl (C=O) groups is 2. The van der Waals surface area contributed by atoms with Crippen molar-refractivity contribution in [3.05, 3.63) is 35.5 Å². The van der Waals surface area contributed by atoms with Gasteiger partial charge >= 0.3 is 13.1 Å². The molecule has 0 unspecified atom stereocenters. The first-order chi connectivity index (χ1) is 11.0. The normalized spacial score (nSPS) is 14.3. The number of anilines is 1. The Balaban J connectivity index is 2.31. The summed E-state index contributed by atoms with van der Waals surface area (Å²) in [7, 11) is -0.425. The molecule has 0 saturated heterocycles. The lowest BCUT2D eigenvalue weighted by molar-refractivity contribution is -0.136. The number of nitrogens with zero attached hydrogens (tertiary/aromatic N) is 1. The molecule has 0 aromatic heterocycles. The molecule has 0 atom stereocenters. The fourth-order valence-electron chi connectivity index (χ4n) is 2.27. The molecule has 23 heavy (non-hydrogen) atoms. The summed E-state index contributed by atoms with van der Waals surface area (Å²) in [5, 5.41) is 30.2.